The smallest absolute Gasteiger partial charge is 0.330 e. The molecule has 10 heteroatoms. The molecule has 2 aliphatic heterocycles. The van der Waals surface area contributed by atoms with E-state index in [9.17, 15) is 19.1 Å². The number of H-pyrrole nitrogens is 1. The summed E-state index contributed by atoms with van der Waals surface area (Å²) in [5, 5.41) is 10.1. The number of nitrogens with one attached hydrogen (secondary N) is 1. The minimum atomic E-state index is -1.56. The molecular weight excluding hydrogens is 307 g/mol. The molecule has 1 saturated carbocycles. The van der Waals surface area contributed by atoms with Crippen molar-refractivity contribution in [2.45, 2.75) is 36.1 Å². The van der Waals surface area contributed by atoms with E-state index in [0.29, 0.717) is 12.3 Å². The van der Waals surface area contributed by atoms with Gasteiger partial charge in [-0.2, -0.15) is 0 Å². The third-order valence-corrected chi connectivity index (χ3v) is 5.32. The summed E-state index contributed by atoms with van der Waals surface area (Å²) in [7, 11) is 0. The zero-order valence-corrected chi connectivity index (χ0v) is 11.6. The molecule has 1 aromatic heterocycles. The SMILES string of the molecule is C[C@@]12OSO[C@@]13C(O)[C@@]3(CF)O[C@H]2n1ccc(=O)[nH]c1=O. The maximum atomic E-state index is 13.5. The highest BCUT2D eigenvalue weighted by atomic mass is 32.2. The van der Waals surface area contributed by atoms with Crippen LogP contribution in [-0.4, -0.2) is 44.2 Å². The molecule has 0 amide bonds. The summed E-state index contributed by atoms with van der Waals surface area (Å²) in [6.07, 6.45) is -0.985. The van der Waals surface area contributed by atoms with Gasteiger partial charge in [0.05, 0.1) is 0 Å². The fraction of sp³-hybridized carbons (Fsp3) is 0.636. The first-order valence-electron chi connectivity index (χ1n) is 6.20. The van der Waals surface area contributed by atoms with Crippen molar-refractivity contribution < 1.29 is 22.6 Å². The molecule has 3 heterocycles. The number of hydrogen-bond donors (Lipinski definition) is 2. The first-order valence-corrected chi connectivity index (χ1v) is 6.86. The van der Waals surface area contributed by atoms with Crippen molar-refractivity contribution in [2.75, 3.05) is 6.67 Å². The third kappa shape index (κ3) is 1.23. The molecule has 1 aliphatic carbocycles. The van der Waals surface area contributed by atoms with Crippen LogP contribution in [0.3, 0.4) is 0 Å². The van der Waals surface area contributed by atoms with Crippen LogP contribution in [0.25, 0.3) is 0 Å². The number of aliphatic hydroxyl groups excluding tert-OH is 1. The van der Waals surface area contributed by atoms with E-state index in [0.717, 1.165) is 10.6 Å². The predicted molar refractivity (Wildman–Crippen MR) is 67.1 cm³/mol. The van der Waals surface area contributed by atoms with E-state index in [1.54, 1.807) is 6.92 Å². The molecule has 8 nitrogen and oxygen atoms in total. The third-order valence-electron chi connectivity index (χ3n) is 4.58. The van der Waals surface area contributed by atoms with E-state index in [1.165, 1.54) is 6.20 Å². The molecule has 3 fully saturated rings. The maximum Gasteiger partial charge on any atom is 0.330 e. The Labute approximate surface area is 121 Å². The number of aromatic amines is 1. The van der Waals surface area contributed by atoms with Gasteiger partial charge in [-0.1, -0.05) is 0 Å². The molecule has 5 atom stereocenters. The second-order valence-corrected chi connectivity index (χ2v) is 5.96. The number of ether oxygens (including phenoxy) is 1. The van der Waals surface area contributed by atoms with Gasteiger partial charge in [0, 0.05) is 12.3 Å². The fourth-order valence-electron chi connectivity index (χ4n) is 3.38. The highest BCUT2D eigenvalue weighted by Crippen LogP contribution is 2.74. The Bertz CT molecular complexity index is 738. The van der Waals surface area contributed by atoms with Crippen LogP contribution in [-0.2, 0) is 13.1 Å². The van der Waals surface area contributed by atoms with E-state index in [2.05, 4.69) is 4.98 Å². The Hall–Kier alpha value is -1.20. The van der Waals surface area contributed by atoms with Gasteiger partial charge in [-0.15, -0.1) is 0 Å². The molecule has 1 spiro atoms. The van der Waals surface area contributed by atoms with E-state index < -0.39 is 47.1 Å². The molecule has 2 N–H and O–H groups in total. The summed E-state index contributed by atoms with van der Waals surface area (Å²) in [5.41, 5.74) is -5.48. The maximum absolute atomic E-state index is 13.5. The quantitative estimate of drug-likeness (QED) is 0.692. The second-order valence-electron chi connectivity index (χ2n) is 5.49. The van der Waals surface area contributed by atoms with Crippen molar-refractivity contribution in [3.05, 3.63) is 33.1 Å². The minimum absolute atomic E-state index is 0.558. The van der Waals surface area contributed by atoms with Gasteiger partial charge in [-0.25, -0.2) is 9.18 Å². The second kappa shape index (κ2) is 3.76. The topological polar surface area (TPSA) is 103 Å². The fourth-order valence-corrected chi connectivity index (χ4v) is 4.27. The standard InChI is InChI=1S/C11H11FN2O6S/c1-9-7(14-3-2-5(15)13-8(14)17)18-10(4-12)6(16)11(9,10)20-21-19-9/h2-3,6-7,16H,4H2,1H3,(H,13,15,17)/t6?,7-,9+,10-,11+/m1/s1. The monoisotopic (exact) mass is 318 g/mol. The first-order chi connectivity index (χ1) is 9.93. The van der Waals surface area contributed by atoms with Crippen molar-refractivity contribution in [1.29, 1.82) is 0 Å². The number of rotatable bonds is 2. The Morgan fingerprint density at radius 1 is 1.52 bits per heavy atom. The van der Waals surface area contributed by atoms with E-state index >= 15 is 0 Å². The zero-order valence-electron chi connectivity index (χ0n) is 10.7. The molecule has 114 valence electrons. The normalized spacial score (nSPS) is 47.2. The van der Waals surface area contributed by atoms with Crippen molar-refractivity contribution >= 4 is 12.3 Å². The van der Waals surface area contributed by atoms with Crippen LogP contribution < -0.4 is 11.2 Å². The van der Waals surface area contributed by atoms with E-state index in [-0.39, 0.29) is 0 Å². The van der Waals surface area contributed by atoms with Gasteiger partial charge in [0.25, 0.3) is 5.56 Å². The Balaban J connectivity index is 1.86. The lowest BCUT2D eigenvalue weighted by atomic mass is 9.94. The molecule has 4 rings (SSSR count). The molecule has 0 radical (unpaired) electrons. The number of hydrogen-bond acceptors (Lipinski definition) is 7. The summed E-state index contributed by atoms with van der Waals surface area (Å²) in [6, 6.07) is 1.15. The summed E-state index contributed by atoms with van der Waals surface area (Å²) in [6.45, 7) is 0.588. The van der Waals surface area contributed by atoms with E-state index in [4.69, 9.17) is 13.1 Å². The van der Waals surface area contributed by atoms with Crippen LogP contribution in [0.15, 0.2) is 21.9 Å². The molecule has 1 unspecified atom stereocenters. The Morgan fingerprint density at radius 3 is 2.95 bits per heavy atom. The first kappa shape index (κ1) is 13.5. The van der Waals surface area contributed by atoms with Gasteiger partial charge < -0.3 is 9.84 Å². The van der Waals surface area contributed by atoms with Crippen LogP contribution in [0.5, 0.6) is 0 Å². The van der Waals surface area contributed by atoms with E-state index in [1.807, 2.05) is 0 Å². The summed E-state index contributed by atoms with van der Waals surface area (Å²) in [5.74, 6) is 0. The number of aromatic nitrogens is 2. The largest absolute Gasteiger partial charge is 0.387 e. The average molecular weight is 318 g/mol. The molecule has 0 bridgehead atoms. The molecule has 1 aromatic rings. The van der Waals surface area contributed by atoms with Gasteiger partial charge in [0.1, 0.15) is 12.8 Å². The van der Waals surface area contributed by atoms with Crippen molar-refractivity contribution in [3.63, 3.8) is 0 Å². The molecule has 2 saturated heterocycles. The lowest BCUT2D eigenvalue weighted by molar-refractivity contribution is -0.133. The van der Waals surface area contributed by atoms with Gasteiger partial charge >= 0.3 is 5.69 Å². The summed E-state index contributed by atoms with van der Waals surface area (Å²) >= 11 is 0.637. The van der Waals surface area contributed by atoms with Gasteiger partial charge in [-0.3, -0.25) is 22.7 Å². The van der Waals surface area contributed by atoms with Crippen LogP contribution in [0.2, 0.25) is 0 Å². The van der Waals surface area contributed by atoms with Gasteiger partial charge in [0.15, 0.2) is 35.4 Å². The van der Waals surface area contributed by atoms with Crippen molar-refractivity contribution in [3.8, 4) is 0 Å². The highest BCUT2D eigenvalue weighted by Gasteiger charge is 2.96. The minimum Gasteiger partial charge on any atom is -0.387 e. The number of alkyl halides is 1. The molecule has 21 heavy (non-hydrogen) atoms. The summed E-state index contributed by atoms with van der Waals surface area (Å²) < 4.78 is 31.0. The lowest BCUT2D eigenvalue weighted by Crippen LogP contribution is -2.49. The number of halogens is 1. The molecule has 0 aromatic carbocycles. The van der Waals surface area contributed by atoms with Crippen LogP contribution in [0.1, 0.15) is 13.2 Å². The zero-order chi connectivity index (χ0) is 15.0. The van der Waals surface area contributed by atoms with Crippen LogP contribution >= 0.6 is 12.3 Å². The van der Waals surface area contributed by atoms with Gasteiger partial charge in [0.2, 0.25) is 0 Å². The average Bonchev–Trinajstić information content (AvgIpc) is 2.70. The highest BCUT2D eigenvalue weighted by molar-refractivity contribution is 7.90. The Morgan fingerprint density at radius 2 is 2.29 bits per heavy atom. The predicted octanol–water partition coefficient (Wildman–Crippen LogP) is -0.744. The van der Waals surface area contributed by atoms with Crippen LogP contribution in [0, 0.1) is 0 Å². The summed E-state index contributed by atoms with van der Waals surface area (Å²) in [4.78, 5) is 25.2. The Kier molecular flexibility index (Phi) is 2.41. The van der Waals surface area contributed by atoms with Crippen molar-refractivity contribution in [2.24, 2.45) is 0 Å². The van der Waals surface area contributed by atoms with Crippen LogP contribution in [0.4, 0.5) is 4.39 Å². The molecule has 3 aliphatic rings. The molecular formula is C11H11FN2O6S. The van der Waals surface area contributed by atoms with Crippen molar-refractivity contribution in [1.82, 2.24) is 9.55 Å². The van der Waals surface area contributed by atoms with Gasteiger partial charge in [-0.05, 0) is 6.92 Å². The number of nitrogens with zero attached hydrogens (tertiary/aromatic N) is 1. The number of aliphatic hydroxyl groups is 1. The lowest BCUT2D eigenvalue weighted by Gasteiger charge is -2.30.